The highest BCUT2D eigenvalue weighted by atomic mass is 15.2. The Bertz CT molecular complexity index is 404. The average Bonchev–Trinajstić information content (AvgIpc) is 2.48. The lowest BCUT2D eigenvalue weighted by Crippen LogP contribution is -2.48. The van der Waals surface area contributed by atoms with Gasteiger partial charge in [-0.15, -0.1) is 0 Å². The minimum absolute atomic E-state index is 0.449. The molecule has 3 heteroatoms. The summed E-state index contributed by atoms with van der Waals surface area (Å²) in [6.07, 6.45) is 2.62. The van der Waals surface area contributed by atoms with Crippen molar-refractivity contribution in [2.75, 3.05) is 33.7 Å². The van der Waals surface area contributed by atoms with Gasteiger partial charge >= 0.3 is 0 Å². The van der Waals surface area contributed by atoms with Gasteiger partial charge in [-0.2, -0.15) is 0 Å². The summed E-state index contributed by atoms with van der Waals surface area (Å²) in [6.45, 7) is 7.87. The van der Waals surface area contributed by atoms with E-state index in [4.69, 9.17) is 0 Å². The number of nitrogens with one attached hydrogen (secondary N) is 1. The number of nitrogens with zero attached hydrogens (tertiary/aromatic N) is 2. The predicted octanol–water partition coefficient (Wildman–Crippen LogP) is 2.75. The van der Waals surface area contributed by atoms with Gasteiger partial charge in [0.1, 0.15) is 0 Å². The van der Waals surface area contributed by atoms with Crippen LogP contribution in [0, 0.1) is 0 Å². The van der Waals surface area contributed by atoms with Crippen LogP contribution in [-0.2, 0) is 0 Å². The van der Waals surface area contributed by atoms with E-state index < -0.39 is 0 Å². The Morgan fingerprint density at radius 3 is 2.62 bits per heavy atom. The number of rotatable bonds is 6. The summed E-state index contributed by atoms with van der Waals surface area (Å²) in [5.41, 5.74) is 1.42. The molecule has 1 aromatic carbocycles. The summed E-state index contributed by atoms with van der Waals surface area (Å²) in [5.74, 6) is 0. The summed E-state index contributed by atoms with van der Waals surface area (Å²) < 4.78 is 0. The fraction of sp³-hybridized carbons (Fsp3) is 0.667. The molecule has 1 N–H and O–H groups in total. The van der Waals surface area contributed by atoms with E-state index in [1.54, 1.807) is 0 Å². The number of piperidine rings is 1. The summed E-state index contributed by atoms with van der Waals surface area (Å²) >= 11 is 0. The first-order chi connectivity index (χ1) is 10.1. The number of likely N-dealkylation sites (tertiary alicyclic amines) is 1. The molecule has 0 aliphatic carbocycles. The summed E-state index contributed by atoms with van der Waals surface area (Å²) in [6, 6.07) is 12.6. The van der Waals surface area contributed by atoms with Crippen molar-refractivity contribution in [3.63, 3.8) is 0 Å². The van der Waals surface area contributed by atoms with E-state index in [-0.39, 0.29) is 0 Å². The van der Waals surface area contributed by atoms with Gasteiger partial charge in [-0.25, -0.2) is 0 Å². The fourth-order valence-electron chi connectivity index (χ4n) is 3.25. The molecule has 1 fully saturated rings. The van der Waals surface area contributed by atoms with Crippen LogP contribution in [-0.4, -0.2) is 55.6 Å². The molecule has 0 radical (unpaired) electrons. The Morgan fingerprint density at radius 2 is 2.00 bits per heavy atom. The molecule has 118 valence electrons. The lowest BCUT2D eigenvalue weighted by Gasteiger charge is -2.40. The zero-order valence-electron chi connectivity index (χ0n) is 14.0. The third kappa shape index (κ3) is 4.80. The Morgan fingerprint density at radius 1 is 1.29 bits per heavy atom. The minimum atomic E-state index is 0.449. The number of benzene rings is 1. The van der Waals surface area contributed by atoms with Gasteiger partial charge in [0.15, 0.2) is 0 Å². The molecule has 0 spiro atoms. The maximum absolute atomic E-state index is 3.62. The maximum Gasteiger partial charge on any atom is 0.0473 e. The van der Waals surface area contributed by atoms with Gasteiger partial charge in [0.2, 0.25) is 0 Å². The molecule has 1 aliphatic rings. The van der Waals surface area contributed by atoms with Crippen LogP contribution in [0.15, 0.2) is 30.3 Å². The van der Waals surface area contributed by atoms with Crippen LogP contribution in [0.25, 0.3) is 0 Å². The highest BCUT2D eigenvalue weighted by Crippen LogP contribution is 2.24. The van der Waals surface area contributed by atoms with Crippen molar-refractivity contribution in [2.45, 2.75) is 44.8 Å². The first-order valence-electron chi connectivity index (χ1n) is 8.26. The van der Waals surface area contributed by atoms with E-state index in [0.717, 1.165) is 6.54 Å². The van der Waals surface area contributed by atoms with E-state index in [0.29, 0.717) is 18.1 Å². The normalized spacial score (nSPS) is 21.9. The Kier molecular flexibility index (Phi) is 6.22. The van der Waals surface area contributed by atoms with Crippen LogP contribution in [0.4, 0.5) is 0 Å². The largest absolute Gasteiger partial charge is 0.313 e. The lowest BCUT2D eigenvalue weighted by atomic mass is 9.99. The molecule has 0 amide bonds. The van der Waals surface area contributed by atoms with Crippen molar-refractivity contribution >= 4 is 0 Å². The van der Waals surface area contributed by atoms with Gasteiger partial charge in [-0.1, -0.05) is 44.2 Å². The molecule has 1 aromatic rings. The van der Waals surface area contributed by atoms with Crippen molar-refractivity contribution < 1.29 is 0 Å². The molecule has 0 saturated carbocycles. The Balaban J connectivity index is 2.10. The van der Waals surface area contributed by atoms with Crippen molar-refractivity contribution in [1.82, 2.24) is 15.1 Å². The monoisotopic (exact) mass is 289 g/mol. The second kappa shape index (κ2) is 7.92. The molecular formula is C18H31N3. The van der Waals surface area contributed by atoms with E-state index in [9.17, 15) is 0 Å². The number of hydrogen-bond acceptors (Lipinski definition) is 3. The molecular weight excluding hydrogens is 258 g/mol. The summed E-state index contributed by atoms with van der Waals surface area (Å²) in [5, 5.41) is 3.62. The first kappa shape index (κ1) is 16.5. The molecule has 3 nitrogen and oxygen atoms in total. The standard InChI is InChI=1S/C18H31N3/c1-15(2)19-13-18(16-9-6-5-7-10-16)21(4)17-11-8-12-20(3)14-17/h5-7,9-10,15,17-19H,8,11-14H2,1-4H3. The molecule has 21 heavy (non-hydrogen) atoms. The molecule has 0 aromatic heterocycles. The van der Waals surface area contributed by atoms with Crippen LogP contribution in [0.3, 0.4) is 0 Å². The van der Waals surface area contributed by atoms with Crippen LogP contribution in [0.1, 0.15) is 38.3 Å². The topological polar surface area (TPSA) is 18.5 Å². The molecule has 2 rings (SSSR count). The average molecular weight is 289 g/mol. The lowest BCUT2D eigenvalue weighted by molar-refractivity contribution is 0.0966. The van der Waals surface area contributed by atoms with Crippen molar-refractivity contribution in [3.8, 4) is 0 Å². The van der Waals surface area contributed by atoms with Gasteiger partial charge < -0.3 is 10.2 Å². The second-order valence-corrected chi connectivity index (χ2v) is 6.71. The van der Waals surface area contributed by atoms with Crippen LogP contribution >= 0.6 is 0 Å². The SMILES string of the molecule is CC(C)NCC(c1ccccc1)N(C)C1CCCN(C)C1. The quantitative estimate of drug-likeness (QED) is 0.869. The van der Waals surface area contributed by atoms with E-state index in [1.165, 1.54) is 31.5 Å². The van der Waals surface area contributed by atoms with E-state index >= 15 is 0 Å². The summed E-state index contributed by atoms with van der Waals surface area (Å²) in [4.78, 5) is 5.04. The zero-order chi connectivity index (χ0) is 15.2. The van der Waals surface area contributed by atoms with Gasteiger partial charge in [-0.3, -0.25) is 4.90 Å². The smallest absolute Gasteiger partial charge is 0.0473 e. The highest BCUT2D eigenvalue weighted by molar-refractivity contribution is 5.19. The van der Waals surface area contributed by atoms with Gasteiger partial charge in [0.25, 0.3) is 0 Å². The second-order valence-electron chi connectivity index (χ2n) is 6.71. The van der Waals surface area contributed by atoms with Gasteiger partial charge in [0.05, 0.1) is 0 Å². The predicted molar refractivity (Wildman–Crippen MR) is 90.6 cm³/mol. The maximum atomic E-state index is 3.62. The highest BCUT2D eigenvalue weighted by Gasteiger charge is 2.27. The fourth-order valence-corrected chi connectivity index (χ4v) is 3.25. The van der Waals surface area contributed by atoms with E-state index in [1.807, 2.05) is 0 Å². The first-order valence-corrected chi connectivity index (χ1v) is 8.26. The van der Waals surface area contributed by atoms with Crippen LogP contribution in [0.2, 0.25) is 0 Å². The minimum Gasteiger partial charge on any atom is -0.313 e. The molecule has 2 unspecified atom stereocenters. The van der Waals surface area contributed by atoms with Crippen molar-refractivity contribution in [1.29, 1.82) is 0 Å². The summed E-state index contributed by atoms with van der Waals surface area (Å²) in [7, 11) is 4.54. The van der Waals surface area contributed by atoms with Gasteiger partial charge in [-0.05, 0) is 39.0 Å². The molecule has 1 heterocycles. The van der Waals surface area contributed by atoms with Crippen LogP contribution < -0.4 is 5.32 Å². The van der Waals surface area contributed by atoms with Crippen molar-refractivity contribution in [3.05, 3.63) is 35.9 Å². The molecule has 2 atom stereocenters. The third-order valence-corrected chi connectivity index (χ3v) is 4.57. The molecule has 1 saturated heterocycles. The Labute approximate surface area is 130 Å². The van der Waals surface area contributed by atoms with Crippen molar-refractivity contribution in [2.24, 2.45) is 0 Å². The zero-order valence-corrected chi connectivity index (χ0v) is 14.0. The Hall–Kier alpha value is -0.900. The van der Waals surface area contributed by atoms with E-state index in [2.05, 4.69) is 73.4 Å². The molecule has 1 aliphatic heterocycles. The third-order valence-electron chi connectivity index (χ3n) is 4.57. The van der Waals surface area contributed by atoms with Gasteiger partial charge in [0, 0.05) is 31.2 Å². The molecule has 0 bridgehead atoms. The number of hydrogen-bond donors (Lipinski definition) is 1. The number of likely N-dealkylation sites (N-methyl/N-ethyl adjacent to an activating group) is 2. The van der Waals surface area contributed by atoms with Crippen LogP contribution in [0.5, 0.6) is 0 Å².